The molecule has 1 amide bonds. The molecule has 0 bridgehead atoms. The minimum absolute atomic E-state index is 0.0844. The maximum Gasteiger partial charge on any atom is 0.410 e. The molecule has 37 heavy (non-hydrogen) atoms. The Kier molecular flexibility index (Phi) is 13.7. The predicted octanol–water partition coefficient (Wildman–Crippen LogP) is 7.81. The molecule has 1 aliphatic rings. The Morgan fingerprint density at radius 3 is 2.16 bits per heavy atom. The van der Waals surface area contributed by atoms with Crippen LogP contribution in [0.3, 0.4) is 0 Å². The van der Waals surface area contributed by atoms with Crippen molar-refractivity contribution in [3.05, 3.63) is 77.8 Å². The average Bonchev–Trinajstić information content (AvgIpc) is 2.87. The Labute approximate surface area is 223 Å². The highest BCUT2D eigenvalue weighted by Crippen LogP contribution is 2.26. The number of unbranched alkanes of at least 4 members (excludes halogenated alkanes) is 1. The van der Waals surface area contributed by atoms with Crippen molar-refractivity contribution in [2.75, 3.05) is 20.1 Å². The standard InChI is InChI=1S/C27H35FN2O3.C4H10/c1-8-21(16-19(5)22-10-11-24(20(6)31)25(28)17-22)26(9-2)29(7)23-12-14-30(15-13-23)27(32)33-18(3)4;1-3-4-2/h8-11,16-18,23H,1-2,12-15H2,3-7H3;3-4H2,1-2H3/b19-16+,26-21+;. The summed E-state index contributed by atoms with van der Waals surface area (Å²) < 4.78 is 19.6. The van der Waals surface area contributed by atoms with E-state index in [4.69, 9.17) is 4.74 Å². The Bertz CT molecular complexity index is 1000. The lowest BCUT2D eigenvalue weighted by molar-refractivity contribution is 0.0620. The number of ether oxygens (including phenoxy) is 1. The molecule has 1 aromatic rings. The fourth-order valence-corrected chi connectivity index (χ4v) is 3.97. The van der Waals surface area contributed by atoms with E-state index in [0.29, 0.717) is 18.7 Å². The molecule has 6 heteroatoms. The molecule has 1 heterocycles. The van der Waals surface area contributed by atoms with Crippen LogP contribution in [-0.2, 0) is 4.74 Å². The van der Waals surface area contributed by atoms with Crippen LogP contribution in [0.2, 0.25) is 0 Å². The first kappa shape index (κ1) is 31.9. The highest BCUT2D eigenvalue weighted by molar-refractivity contribution is 5.94. The number of Topliss-reactive ketones (excluding diaryl/α,β-unsaturated/α-hetero) is 1. The van der Waals surface area contributed by atoms with Gasteiger partial charge in [0.1, 0.15) is 5.82 Å². The van der Waals surface area contributed by atoms with Crippen molar-refractivity contribution >= 4 is 17.4 Å². The second-order valence-electron chi connectivity index (χ2n) is 9.59. The molecular weight excluding hydrogens is 467 g/mol. The highest BCUT2D eigenvalue weighted by Gasteiger charge is 2.27. The Hall–Kier alpha value is -3.15. The van der Waals surface area contributed by atoms with Gasteiger partial charge in [0.25, 0.3) is 0 Å². The topological polar surface area (TPSA) is 49.9 Å². The lowest BCUT2D eigenvalue weighted by Gasteiger charge is -2.38. The average molecular weight is 513 g/mol. The van der Waals surface area contributed by atoms with Gasteiger partial charge in [-0.1, -0.05) is 52.0 Å². The number of likely N-dealkylation sites (tertiary alicyclic amines) is 1. The number of nitrogens with zero attached hydrogens (tertiary/aromatic N) is 2. The molecule has 204 valence electrons. The van der Waals surface area contributed by atoms with Crippen LogP contribution in [0.25, 0.3) is 5.57 Å². The van der Waals surface area contributed by atoms with Gasteiger partial charge < -0.3 is 14.5 Å². The van der Waals surface area contributed by atoms with Gasteiger partial charge in [0.15, 0.2) is 5.78 Å². The number of hydrogen-bond acceptors (Lipinski definition) is 4. The van der Waals surface area contributed by atoms with Crippen LogP contribution in [-0.4, -0.2) is 54.0 Å². The van der Waals surface area contributed by atoms with Crippen LogP contribution in [0, 0.1) is 5.82 Å². The number of hydrogen-bond donors (Lipinski definition) is 0. The molecule has 0 saturated carbocycles. The van der Waals surface area contributed by atoms with E-state index in [0.717, 1.165) is 29.7 Å². The van der Waals surface area contributed by atoms with Crippen LogP contribution >= 0.6 is 0 Å². The maximum atomic E-state index is 14.3. The van der Waals surface area contributed by atoms with E-state index in [9.17, 15) is 14.0 Å². The van der Waals surface area contributed by atoms with E-state index in [1.807, 2.05) is 33.9 Å². The first-order valence-corrected chi connectivity index (χ1v) is 13.2. The Morgan fingerprint density at radius 1 is 1.14 bits per heavy atom. The summed E-state index contributed by atoms with van der Waals surface area (Å²) >= 11 is 0. The molecule has 0 atom stereocenters. The Morgan fingerprint density at radius 2 is 1.73 bits per heavy atom. The smallest absolute Gasteiger partial charge is 0.410 e. The third kappa shape index (κ3) is 9.67. The molecular formula is C31H45FN2O3. The van der Waals surface area contributed by atoms with E-state index in [1.165, 1.54) is 31.9 Å². The van der Waals surface area contributed by atoms with Crippen LogP contribution < -0.4 is 0 Å². The molecule has 2 rings (SSSR count). The number of piperidine rings is 1. The van der Waals surface area contributed by atoms with E-state index in [2.05, 4.69) is 31.9 Å². The normalized spacial score (nSPS) is 14.8. The van der Waals surface area contributed by atoms with Gasteiger partial charge in [-0.15, -0.1) is 0 Å². The van der Waals surface area contributed by atoms with Gasteiger partial charge in [0, 0.05) is 31.9 Å². The third-order valence-electron chi connectivity index (χ3n) is 6.37. The largest absolute Gasteiger partial charge is 0.447 e. The van der Waals surface area contributed by atoms with Crippen LogP contribution in [0.1, 0.15) is 83.1 Å². The Balaban J connectivity index is 0.00000159. The number of amides is 1. The summed E-state index contributed by atoms with van der Waals surface area (Å²) in [5, 5.41) is 0. The first-order chi connectivity index (χ1) is 17.5. The first-order valence-electron chi connectivity index (χ1n) is 13.2. The summed E-state index contributed by atoms with van der Waals surface area (Å²) in [6, 6.07) is 4.87. The molecule has 1 saturated heterocycles. The fraction of sp³-hybridized carbons (Fsp3) is 0.484. The molecule has 0 unspecified atom stereocenters. The summed E-state index contributed by atoms with van der Waals surface area (Å²) in [7, 11) is 2.01. The van der Waals surface area contributed by atoms with Gasteiger partial charge in [-0.3, -0.25) is 4.79 Å². The minimum Gasteiger partial charge on any atom is -0.447 e. The lowest BCUT2D eigenvalue weighted by Crippen LogP contribution is -2.45. The summed E-state index contributed by atoms with van der Waals surface area (Å²) in [6.45, 7) is 20.5. The summed E-state index contributed by atoms with van der Waals surface area (Å²) in [5.41, 5.74) is 3.40. The zero-order valence-electron chi connectivity index (χ0n) is 23.8. The number of allylic oxidation sites excluding steroid dienone is 5. The molecule has 0 spiro atoms. The highest BCUT2D eigenvalue weighted by atomic mass is 19.1. The van der Waals surface area contributed by atoms with Crippen molar-refractivity contribution in [1.29, 1.82) is 0 Å². The SMILES string of the molecule is C=CC(/C=C(\C)c1ccc(C(C)=O)c(F)c1)=C(/C=C)N(C)C1CCN(C(=O)OC(C)C)CC1.CCCC. The molecule has 0 radical (unpaired) electrons. The molecule has 0 N–H and O–H groups in total. The monoisotopic (exact) mass is 512 g/mol. The molecule has 1 aromatic carbocycles. The van der Waals surface area contributed by atoms with Crippen molar-refractivity contribution in [2.45, 2.75) is 79.4 Å². The maximum absolute atomic E-state index is 14.3. The van der Waals surface area contributed by atoms with Crippen molar-refractivity contribution in [2.24, 2.45) is 0 Å². The van der Waals surface area contributed by atoms with E-state index >= 15 is 0 Å². The van der Waals surface area contributed by atoms with E-state index < -0.39 is 5.82 Å². The number of halogens is 1. The van der Waals surface area contributed by atoms with Crippen molar-refractivity contribution < 1.29 is 18.7 Å². The zero-order valence-corrected chi connectivity index (χ0v) is 23.8. The predicted molar refractivity (Wildman–Crippen MR) is 152 cm³/mol. The quantitative estimate of drug-likeness (QED) is 0.250. The lowest BCUT2D eigenvalue weighted by atomic mass is 9.99. The zero-order chi connectivity index (χ0) is 28.1. The van der Waals surface area contributed by atoms with Crippen molar-refractivity contribution in [3.8, 4) is 0 Å². The van der Waals surface area contributed by atoms with Gasteiger partial charge in [0.05, 0.1) is 11.7 Å². The number of carbonyl (C=O) groups excluding carboxylic acids is 2. The number of carbonyl (C=O) groups is 2. The molecule has 0 aromatic heterocycles. The van der Waals surface area contributed by atoms with Crippen LogP contribution in [0.15, 0.2) is 60.9 Å². The number of benzene rings is 1. The van der Waals surface area contributed by atoms with Gasteiger partial charge in [-0.2, -0.15) is 0 Å². The van der Waals surface area contributed by atoms with Crippen molar-refractivity contribution in [3.63, 3.8) is 0 Å². The third-order valence-corrected chi connectivity index (χ3v) is 6.37. The van der Waals surface area contributed by atoms with E-state index in [1.54, 1.807) is 23.1 Å². The molecule has 1 aliphatic heterocycles. The minimum atomic E-state index is -0.527. The van der Waals surface area contributed by atoms with E-state index in [-0.39, 0.29) is 29.6 Å². The van der Waals surface area contributed by atoms with Gasteiger partial charge in [-0.25, -0.2) is 9.18 Å². The van der Waals surface area contributed by atoms with Gasteiger partial charge >= 0.3 is 6.09 Å². The summed E-state index contributed by atoms with van der Waals surface area (Å²) in [5.74, 6) is -0.827. The van der Waals surface area contributed by atoms with Gasteiger partial charge in [0.2, 0.25) is 0 Å². The number of rotatable bonds is 9. The van der Waals surface area contributed by atoms with Crippen LogP contribution in [0.5, 0.6) is 0 Å². The fourth-order valence-electron chi connectivity index (χ4n) is 3.97. The molecule has 1 fully saturated rings. The number of likely N-dealkylation sites (N-methyl/N-ethyl adjacent to an activating group) is 1. The summed E-state index contributed by atoms with van der Waals surface area (Å²) in [4.78, 5) is 27.6. The molecule has 5 nitrogen and oxygen atoms in total. The van der Waals surface area contributed by atoms with Crippen molar-refractivity contribution in [1.82, 2.24) is 9.80 Å². The molecule has 0 aliphatic carbocycles. The van der Waals surface area contributed by atoms with Crippen LogP contribution in [0.4, 0.5) is 9.18 Å². The van der Waals surface area contributed by atoms with Gasteiger partial charge in [-0.05, 0) is 81.5 Å². The second kappa shape index (κ2) is 15.9. The summed E-state index contributed by atoms with van der Waals surface area (Å²) in [6.07, 6.45) is 9.35. The second-order valence-corrected chi connectivity index (χ2v) is 9.59. The number of ketones is 1.